The van der Waals surface area contributed by atoms with Gasteiger partial charge >= 0.3 is 0 Å². The van der Waals surface area contributed by atoms with Gasteiger partial charge in [-0.3, -0.25) is 0 Å². The molecule has 1 fully saturated rings. The van der Waals surface area contributed by atoms with Crippen LogP contribution in [0.1, 0.15) is 43.2 Å². The zero-order chi connectivity index (χ0) is 13.0. The summed E-state index contributed by atoms with van der Waals surface area (Å²) in [6.45, 7) is 2.09. The summed E-state index contributed by atoms with van der Waals surface area (Å²) in [6, 6.07) is 6.97. The van der Waals surface area contributed by atoms with E-state index in [2.05, 4.69) is 37.5 Å². The van der Waals surface area contributed by atoms with Crippen LogP contribution in [0.25, 0.3) is 0 Å². The van der Waals surface area contributed by atoms with Gasteiger partial charge in [-0.25, -0.2) is 0 Å². The summed E-state index contributed by atoms with van der Waals surface area (Å²) in [5.41, 5.74) is 2.51. The molecule has 1 nitrogen and oxygen atoms in total. The number of hydrogen-bond acceptors (Lipinski definition) is 1. The van der Waals surface area contributed by atoms with Crippen molar-refractivity contribution in [2.24, 2.45) is 5.92 Å². The van der Waals surface area contributed by atoms with Crippen molar-refractivity contribution in [1.82, 2.24) is 5.32 Å². The van der Waals surface area contributed by atoms with Crippen LogP contribution in [-0.2, 0) is 6.42 Å². The molecule has 0 radical (unpaired) electrons. The van der Waals surface area contributed by atoms with Crippen LogP contribution in [0, 0.1) is 12.8 Å². The molecule has 1 aliphatic carbocycles. The van der Waals surface area contributed by atoms with Crippen LogP contribution in [0.4, 0.5) is 0 Å². The second-order valence-corrected chi connectivity index (χ2v) is 6.08. The fourth-order valence-corrected chi connectivity index (χ4v) is 3.35. The molecule has 1 atom stereocenters. The summed E-state index contributed by atoms with van der Waals surface area (Å²) in [6.07, 6.45) is 8.02. The van der Waals surface area contributed by atoms with Crippen molar-refractivity contribution in [2.75, 3.05) is 7.05 Å². The molecule has 1 unspecified atom stereocenters. The number of rotatable bonds is 5. The van der Waals surface area contributed by atoms with E-state index >= 15 is 0 Å². The number of halogens is 1. The van der Waals surface area contributed by atoms with Crippen molar-refractivity contribution >= 4 is 11.6 Å². The molecule has 1 N–H and O–H groups in total. The Morgan fingerprint density at radius 1 is 1.33 bits per heavy atom. The van der Waals surface area contributed by atoms with E-state index in [4.69, 9.17) is 11.6 Å². The highest BCUT2D eigenvalue weighted by Crippen LogP contribution is 2.30. The Hall–Kier alpha value is -0.530. The predicted molar refractivity (Wildman–Crippen MR) is 79.3 cm³/mol. The molecule has 0 spiro atoms. The third kappa shape index (κ3) is 3.73. The molecule has 0 heterocycles. The largest absolute Gasteiger partial charge is 0.317 e. The van der Waals surface area contributed by atoms with Gasteiger partial charge in [0.2, 0.25) is 0 Å². The Bertz CT molecular complexity index is 383. The summed E-state index contributed by atoms with van der Waals surface area (Å²) in [5.74, 6) is 0.923. The highest BCUT2D eigenvalue weighted by Gasteiger charge is 2.20. The molecule has 2 rings (SSSR count). The van der Waals surface area contributed by atoms with E-state index in [-0.39, 0.29) is 0 Å². The van der Waals surface area contributed by atoms with Crippen LogP contribution in [0.2, 0.25) is 5.02 Å². The first kappa shape index (κ1) is 13.9. The first-order valence-corrected chi connectivity index (χ1v) is 7.49. The molecule has 0 aromatic heterocycles. The van der Waals surface area contributed by atoms with Crippen molar-refractivity contribution in [3.63, 3.8) is 0 Å². The standard InChI is InChI=1S/C16H24ClN/c1-12-7-8-14(16(17)9-12)11-15(18-2)10-13-5-3-4-6-13/h7-9,13,15,18H,3-6,10-11H2,1-2H3. The molecule has 1 aromatic carbocycles. The molecule has 100 valence electrons. The van der Waals surface area contributed by atoms with Gasteiger partial charge in [-0.05, 0) is 49.9 Å². The monoisotopic (exact) mass is 265 g/mol. The lowest BCUT2D eigenvalue weighted by molar-refractivity contribution is 0.403. The van der Waals surface area contributed by atoms with Gasteiger partial charge in [-0.1, -0.05) is 49.4 Å². The van der Waals surface area contributed by atoms with Crippen molar-refractivity contribution in [3.05, 3.63) is 34.3 Å². The lowest BCUT2D eigenvalue weighted by Crippen LogP contribution is -2.29. The number of hydrogen-bond donors (Lipinski definition) is 1. The third-order valence-electron chi connectivity index (χ3n) is 4.18. The lowest BCUT2D eigenvalue weighted by atomic mass is 9.94. The van der Waals surface area contributed by atoms with Gasteiger partial charge < -0.3 is 5.32 Å². The number of benzene rings is 1. The van der Waals surface area contributed by atoms with Gasteiger partial charge in [0.15, 0.2) is 0 Å². The van der Waals surface area contributed by atoms with Gasteiger partial charge in [-0.2, -0.15) is 0 Å². The Labute approximate surface area is 116 Å². The average Bonchev–Trinajstić information content (AvgIpc) is 2.84. The summed E-state index contributed by atoms with van der Waals surface area (Å²) < 4.78 is 0. The molecule has 0 bridgehead atoms. The van der Waals surface area contributed by atoms with Gasteiger partial charge in [0.25, 0.3) is 0 Å². The minimum Gasteiger partial charge on any atom is -0.317 e. The van der Waals surface area contributed by atoms with Crippen molar-refractivity contribution in [2.45, 2.75) is 51.5 Å². The quantitative estimate of drug-likeness (QED) is 0.834. The van der Waals surface area contributed by atoms with Crippen molar-refractivity contribution < 1.29 is 0 Å². The summed E-state index contributed by atoms with van der Waals surface area (Å²) >= 11 is 6.32. The Morgan fingerprint density at radius 2 is 2.06 bits per heavy atom. The van der Waals surface area contributed by atoms with E-state index in [9.17, 15) is 0 Å². The Balaban J connectivity index is 1.96. The van der Waals surface area contributed by atoms with Gasteiger partial charge in [0.05, 0.1) is 0 Å². The molecule has 2 heteroatoms. The van der Waals surface area contributed by atoms with Crippen LogP contribution >= 0.6 is 11.6 Å². The number of nitrogens with one attached hydrogen (secondary N) is 1. The smallest absolute Gasteiger partial charge is 0.0441 e. The minimum absolute atomic E-state index is 0.563. The number of aryl methyl sites for hydroxylation is 1. The van der Waals surface area contributed by atoms with Crippen LogP contribution in [0.3, 0.4) is 0 Å². The fraction of sp³-hybridized carbons (Fsp3) is 0.625. The SMILES string of the molecule is CNC(Cc1ccc(C)cc1Cl)CC1CCCC1. The van der Waals surface area contributed by atoms with Gasteiger partial charge in [0.1, 0.15) is 0 Å². The topological polar surface area (TPSA) is 12.0 Å². The molecule has 0 amide bonds. The lowest BCUT2D eigenvalue weighted by Gasteiger charge is -2.20. The normalized spacial score (nSPS) is 18.2. The predicted octanol–water partition coefficient (Wildman–Crippen LogP) is 4.36. The van der Waals surface area contributed by atoms with Crippen LogP contribution in [0.15, 0.2) is 18.2 Å². The second-order valence-electron chi connectivity index (χ2n) is 5.67. The van der Waals surface area contributed by atoms with E-state index in [1.165, 1.54) is 43.2 Å². The van der Waals surface area contributed by atoms with E-state index in [1.807, 2.05) is 0 Å². The third-order valence-corrected chi connectivity index (χ3v) is 4.53. The maximum Gasteiger partial charge on any atom is 0.0441 e. The molecule has 1 aliphatic rings. The molecule has 1 aromatic rings. The molecule has 0 saturated heterocycles. The second kappa shape index (κ2) is 6.58. The van der Waals surface area contributed by atoms with E-state index in [1.54, 1.807) is 0 Å². The van der Waals surface area contributed by atoms with Crippen LogP contribution < -0.4 is 5.32 Å². The zero-order valence-corrected chi connectivity index (χ0v) is 12.3. The highest BCUT2D eigenvalue weighted by atomic mass is 35.5. The summed E-state index contributed by atoms with van der Waals surface area (Å²) in [5, 5.41) is 4.38. The fourth-order valence-electron chi connectivity index (χ4n) is 3.04. The van der Waals surface area contributed by atoms with Crippen LogP contribution in [0.5, 0.6) is 0 Å². The van der Waals surface area contributed by atoms with Crippen molar-refractivity contribution in [3.8, 4) is 0 Å². The van der Waals surface area contributed by atoms with E-state index in [0.717, 1.165) is 17.4 Å². The minimum atomic E-state index is 0.563. The molecule has 18 heavy (non-hydrogen) atoms. The van der Waals surface area contributed by atoms with Crippen molar-refractivity contribution in [1.29, 1.82) is 0 Å². The zero-order valence-electron chi connectivity index (χ0n) is 11.5. The first-order valence-electron chi connectivity index (χ1n) is 7.11. The highest BCUT2D eigenvalue weighted by molar-refractivity contribution is 6.31. The number of likely N-dealkylation sites (N-methyl/N-ethyl adjacent to an activating group) is 1. The molecular weight excluding hydrogens is 242 g/mol. The summed E-state index contributed by atoms with van der Waals surface area (Å²) in [7, 11) is 2.07. The molecule has 1 saturated carbocycles. The average molecular weight is 266 g/mol. The van der Waals surface area contributed by atoms with Crippen LogP contribution in [-0.4, -0.2) is 13.1 Å². The van der Waals surface area contributed by atoms with Gasteiger partial charge in [0, 0.05) is 11.1 Å². The van der Waals surface area contributed by atoms with E-state index in [0.29, 0.717) is 6.04 Å². The molecular formula is C16H24ClN. The Morgan fingerprint density at radius 3 is 2.67 bits per heavy atom. The molecule has 0 aliphatic heterocycles. The van der Waals surface area contributed by atoms with E-state index < -0.39 is 0 Å². The maximum absolute atomic E-state index is 6.32. The van der Waals surface area contributed by atoms with Gasteiger partial charge in [-0.15, -0.1) is 0 Å². The Kier molecular flexibility index (Phi) is 5.08. The summed E-state index contributed by atoms with van der Waals surface area (Å²) in [4.78, 5) is 0. The maximum atomic E-state index is 6.32. The first-order chi connectivity index (χ1) is 8.69.